The predicted octanol–water partition coefficient (Wildman–Crippen LogP) is 0.756. The van der Waals surface area contributed by atoms with Crippen LogP contribution in [0, 0.1) is 0 Å². The number of nitrogens with one attached hydrogen (secondary N) is 1. The third kappa shape index (κ3) is 3.42. The molecule has 1 aromatic rings. The Morgan fingerprint density at radius 2 is 2.57 bits per heavy atom. The summed E-state index contributed by atoms with van der Waals surface area (Å²) in [5.41, 5.74) is 6.20. The summed E-state index contributed by atoms with van der Waals surface area (Å²) < 4.78 is 5.83. The topological polar surface area (TPSA) is 80.5 Å². The molecule has 0 bridgehead atoms. The highest BCUT2D eigenvalue weighted by molar-refractivity contribution is 7.09. The molecule has 0 saturated carbocycles. The molecule has 3 rings (SSSR count). The fourth-order valence-corrected chi connectivity index (χ4v) is 3.67. The summed E-state index contributed by atoms with van der Waals surface area (Å²) in [6, 6.07) is 0.453. The molecule has 2 aliphatic rings. The fraction of sp³-hybridized carbons (Fsp3) is 0.714. The van der Waals surface area contributed by atoms with Crippen LogP contribution in [0.2, 0.25) is 0 Å². The Morgan fingerprint density at radius 1 is 1.71 bits per heavy atom. The van der Waals surface area contributed by atoms with E-state index in [4.69, 9.17) is 10.5 Å². The van der Waals surface area contributed by atoms with Gasteiger partial charge in [0.1, 0.15) is 10.7 Å². The van der Waals surface area contributed by atoms with Gasteiger partial charge in [-0.1, -0.05) is 0 Å². The molecule has 0 radical (unpaired) electrons. The first-order valence-corrected chi connectivity index (χ1v) is 8.36. The minimum atomic E-state index is -0.148. The number of aromatic nitrogens is 1. The SMILES string of the molecule is CC(N)c1nc(C(=O)NCC2CN3CCCC3CO2)cs1. The molecular weight excluding hydrogens is 288 g/mol. The van der Waals surface area contributed by atoms with Gasteiger partial charge >= 0.3 is 0 Å². The molecule has 3 N–H and O–H groups in total. The third-order valence-electron chi connectivity index (χ3n) is 4.10. The van der Waals surface area contributed by atoms with Crippen molar-refractivity contribution in [1.82, 2.24) is 15.2 Å². The van der Waals surface area contributed by atoms with Crippen molar-refractivity contribution in [2.24, 2.45) is 5.73 Å². The van der Waals surface area contributed by atoms with Crippen LogP contribution in [-0.2, 0) is 4.74 Å². The quantitative estimate of drug-likeness (QED) is 0.858. The molecule has 0 aromatic carbocycles. The van der Waals surface area contributed by atoms with Crippen molar-refractivity contribution < 1.29 is 9.53 Å². The zero-order valence-electron chi connectivity index (χ0n) is 12.2. The molecule has 0 aliphatic carbocycles. The van der Waals surface area contributed by atoms with Gasteiger partial charge in [-0.15, -0.1) is 11.3 Å². The Balaban J connectivity index is 1.49. The summed E-state index contributed by atoms with van der Waals surface area (Å²) in [6.45, 7) is 5.25. The van der Waals surface area contributed by atoms with Crippen molar-refractivity contribution in [3.8, 4) is 0 Å². The molecular formula is C14H22N4O2S. The van der Waals surface area contributed by atoms with Crippen molar-refractivity contribution in [3.05, 3.63) is 16.1 Å². The van der Waals surface area contributed by atoms with Crippen LogP contribution in [0.25, 0.3) is 0 Å². The van der Waals surface area contributed by atoms with E-state index in [9.17, 15) is 4.79 Å². The second-order valence-electron chi connectivity index (χ2n) is 5.82. The summed E-state index contributed by atoms with van der Waals surface area (Å²) in [7, 11) is 0. The first-order valence-electron chi connectivity index (χ1n) is 7.48. The van der Waals surface area contributed by atoms with Gasteiger partial charge < -0.3 is 15.8 Å². The molecule has 2 aliphatic heterocycles. The first kappa shape index (κ1) is 14.9. The van der Waals surface area contributed by atoms with Crippen LogP contribution in [0.15, 0.2) is 5.38 Å². The zero-order chi connectivity index (χ0) is 14.8. The third-order valence-corrected chi connectivity index (χ3v) is 5.14. The Labute approximate surface area is 128 Å². The molecule has 1 amide bonds. The number of hydrogen-bond acceptors (Lipinski definition) is 6. The number of nitrogens with zero attached hydrogens (tertiary/aromatic N) is 2. The fourth-order valence-electron chi connectivity index (χ4n) is 2.91. The maximum atomic E-state index is 12.1. The van der Waals surface area contributed by atoms with E-state index in [0.717, 1.165) is 24.7 Å². The standard InChI is InChI=1S/C14H22N4O2S/c1-9(15)14-17-12(8-21-14)13(19)16-5-11-6-18-4-2-3-10(18)7-20-11/h8-11H,2-7,15H2,1H3,(H,16,19). The molecule has 3 atom stereocenters. The van der Waals surface area contributed by atoms with Gasteiger partial charge in [-0.25, -0.2) is 4.98 Å². The number of ether oxygens (including phenoxy) is 1. The molecule has 1 aromatic heterocycles. The van der Waals surface area contributed by atoms with E-state index in [-0.39, 0.29) is 18.1 Å². The lowest BCUT2D eigenvalue weighted by Crippen LogP contribution is -2.50. The summed E-state index contributed by atoms with van der Waals surface area (Å²) in [5, 5.41) is 5.46. The van der Waals surface area contributed by atoms with Crippen molar-refractivity contribution in [3.63, 3.8) is 0 Å². The lowest BCUT2D eigenvalue weighted by Gasteiger charge is -2.35. The van der Waals surface area contributed by atoms with Gasteiger partial charge in [-0.2, -0.15) is 0 Å². The lowest BCUT2D eigenvalue weighted by molar-refractivity contribution is -0.0462. The van der Waals surface area contributed by atoms with Gasteiger partial charge in [0, 0.05) is 24.5 Å². The highest BCUT2D eigenvalue weighted by Gasteiger charge is 2.32. The van der Waals surface area contributed by atoms with Crippen LogP contribution in [0.4, 0.5) is 0 Å². The van der Waals surface area contributed by atoms with E-state index in [1.54, 1.807) is 5.38 Å². The largest absolute Gasteiger partial charge is 0.373 e. The lowest BCUT2D eigenvalue weighted by atomic mass is 10.2. The number of fused-ring (bicyclic) bond motifs is 1. The Hall–Kier alpha value is -1.02. The monoisotopic (exact) mass is 310 g/mol. The van der Waals surface area contributed by atoms with Gasteiger partial charge in [-0.05, 0) is 26.3 Å². The number of thiazole rings is 1. The minimum Gasteiger partial charge on any atom is -0.373 e. The van der Waals surface area contributed by atoms with Gasteiger partial charge in [0.15, 0.2) is 0 Å². The Bertz CT molecular complexity index is 505. The average Bonchev–Trinajstić information content (AvgIpc) is 3.12. The number of nitrogens with two attached hydrogens (primary N) is 1. The van der Waals surface area contributed by atoms with E-state index in [1.165, 1.54) is 24.2 Å². The number of amides is 1. The van der Waals surface area contributed by atoms with E-state index < -0.39 is 0 Å². The van der Waals surface area contributed by atoms with Gasteiger partial charge in [0.25, 0.3) is 5.91 Å². The molecule has 3 unspecified atom stereocenters. The maximum Gasteiger partial charge on any atom is 0.270 e. The van der Waals surface area contributed by atoms with Crippen LogP contribution in [0.5, 0.6) is 0 Å². The average molecular weight is 310 g/mol. The molecule has 21 heavy (non-hydrogen) atoms. The summed E-state index contributed by atoms with van der Waals surface area (Å²) in [5.74, 6) is -0.148. The Kier molecular flexibility index (Phi) is 4.54. The molecule has 2 saturated heterocycles. The normalized spacial score (nSPS) is 27.3. The van der Waals surface area contributed by atoms with Crippen LogP contribution in [0.1, 0.15) is 41.3 Å². The van der Waals surface area contributed by atoms with Crippen molar-refractivity contribution in [1.29, 1.82) is 0 Å². The van der Waals surface area contributed by atoms with E-state index >= 15 is 0 Å². The number of hydrogen-bond donors (Lipinski definition) is 2. The van der Waals surface area contributed by atoms with E-state index in [2.05, 4.69) is 15.2 Å². The highest BCUT2D eigenvalue weighted by Crippen LogP contribution is 2.22. The van der Waals surface area contributed by atoms with Gasteiger partial charge in [0.05, 0.1) is 18.8 Å². The van der Waals surface area contributed by atoms with E-state index in [1.807, 2.05) is 6.92 Å². The molecule has 7 heteroatoms. The smallest absolute Gasteiger partial charge is 0.270 e. The first-order chi connectivity index (χ1) is 10.1. The van der Waals surface area contributed by atoms with Crippen LogP contribution >= 0.6 is 11.3 Å². The maximum absolute atomic E-state index is 12.1. The summed E-state index contributed by atoms with van der Waals surface area (Å²) >= 11 is 1.42. The zero-order valence-corrected chi connectivity index (χ0v) is 13.1. The summed E-state index contributed by atoms with van der Waals surface area (Å²) in [4.78, 5) is 18.8. The van der Waals surface area contributed by atoms with E-state index in [0.29, 0.717) is 18.3 Å². The Morgan fingerprint density at radius 3 is 3.33 bits per heavy atom. The number of morpholine rings is 1. The highest BCUT2D eigenvalue weighted by atomic mass is 32.1. The van der Waals surface area contributed by atoms with Crippen molar-refractivity contribution in [2.75, 3.05) is 26.2 Å². The predicted molar refractivity (Wildman–Crippen MR) is 81.4 cm³/mol. The van der Waals surface area contributed by atoms with Crippen molar-refractivity contribution >= 4 is 17.2 Å². The molecule has 2 fully saturated rings. The molecule has 0 spiro atoms. The number of rotatable bonds is 4. The van der Waals surface area contributed by atoms with Gasteiger partial charge in [0.2, 0.25) is 0 Å². The number of carbonyl (C=O) groups is 1. The molecule has 6 nitrogen and oxygen atoms in total. The minimum absolute atomic E-state index is 0.0786. The summed E-state index contributed by atoms with van der Waals surface area (Å²) in [6.07, 6.45) is 2.57. The van der Waals surface area contributed by atoms with Crippen molar-refractivity contribution in [2.45, 2.75) is 38.0 Å². The number of carbonyl (C=O) groups excluding carboxylic acids is 1. The van der Waals surface area contributed by atoms with Crippen LogP contribution < -0.4 is 11.1 Å². The second-order valence-corrected chi connectivity index (χ2v) is 6.71. The molecule has 116 valence electrons. The van der Waals surface area contributed by atoms with Crippen LogP contribution in [0.3, 0.4) is 0 Å². The van der Waals surface area contributed by atoms with Crippen LogP contribution in [-0.4, -0.2) is 54.2 Å². The second kappa shape index (κ2) is 6.39. The molecule has 3 heterocycles. The van der Waals surface area contributed by atoms with Gasteiger partial charge in [-0.3, -0.25) is 9.69 Å².